The zero-order chi connectivity index (χ0) is 13.2. The van der Waals surface area contributed by atoms with Crippen molar-refractivity contribution in [3.05, 3.63) is 36.2 Å². The second-order valence-corrected chi connectivity index (χ2v) is 4.94. The van der Waals surface area contributed by atoms with Crippen molar-refractivity contribution < 1.29 is 0 Å². The maximum Gasteiger partial charge on any atom is 0.172 e. The smallest absolute Gasteiger partial charge is 0.172 e. The van der Waals surface area contributed by atoms with E-state index >= 15 is 0 Å². The van der Waals surface area contributed by atoms with Gasteiger partial charge in [-0.05, 0) is 30.8 Å². The summed E-state index contributed by atoms with van der Waals surface area (Å²) in [5.74, 6) is 6.02. The fraction of sp³-hybridized carbons (Fsp3) is 0.0833. The topological polar surface area (TPSA) is 92.5 Å². The summed E-state index contributed by atoms with van der Waals surface area (Å²) in [5.41, 5.74) is 5.40. The maximum absolute atomic E-state index is 5.40. The van der Waals surface area contributed by atoms with Crippen molar-refractivity contribution >= 4 is 28.6 Å². The van der Waals surface area contributed by atoms with E-state index in [9.17, 15) is 0 Å². The van der Waals surface area contributed by atoms with E-state index in [1.807, 2.05) is 31.2 Å². The van der Waals surface area contributed by atoms with Crippen molar-refractivity contribution in [2.24, 2.45) is 5.84 Å². The van der Waals surface area contributed by atoms with Crippen LogP contribution in [-0.2, 0) is 0 Å². The van der Waals surface area contributed by atoms with Crippen LogP contribution in [0, 0.1) is 6.92 Å². The van der Waals surface area contributed by atoms with Crippen LogP contribution in [0.25, 0.3) is 11.0 Å². The fourth-order valence-electron chi connectivity index (χ4n) is 1.75. The number of aromatic nitrogens is 4. The third-order valence-electron chi connectivity index (χ3n) is 2.74. The Morgan fingerprint density at radius 1 is 1.26 bits per heavy atom. The number of hydrogen-bond acceptors (Lipinski definition) is 6. The first-order chi connectivity index (χ1) is 9.28. The molecule has 4 N–H and O–H groups in total. The molecule has 0 fully saturated rings. The highest BCUT2D eigenvalue weighted by molar-refractivity contribution is 7.99. The summed E-state index contributed by atoms with van der Waals surface area (Å²) in [6, 6.07) is 7.90. The van der Waals surface area contributed by atoms with Gasteiger partial charge < -0.3 is 10.4 Å². The molecule has 0 atom stereocenters. The second kappa shape index (κ2) is 4.87. The van der Waals surface area contributed by atoms with Gasteiger partial charge in [0, 0.05) is 5.56 Å². The summed E-state index contributed by atoms with van der Waals surface area (Å²) in [6.45, 7) is 1.92. The molecule has 0 spiro atoms. The molecule has 0 aliphatic carbocycles. The predicted molar refractivity (Wildman–Crippen MR) is 74.8 cm³/mol. The van der Waals surface area contributed by atoms with E-state index in [-0.39, 0.29) is 0 Å². The van der Waals surface area contributed by atoms with Crippen LogP contribution in [0.4, 0.5) is 5.82 Å². The van der Waals surface area contributed by atoms with Crippen molar-refractivity contribution in [1.82, 2.24) is 19.9 Å². The number of hydrogen-bond donors (Lipinski definition) is 3. The second-order valence-electron chi connectivity index (χ2n) is 3.96. The molecule has 0 saturated carbocycles. The van der Waals surface area contributed by atoms with E-state index in [0.29, 0.717) is 5.82 Å². The number of nitrogens with one attached hydrogen (secondary N) is 2. The van der Waals surface area contributed by atoms with Gasteiger partial charge in [0.15, 0.2) is 5.16 Å². The Bertz CT molecular complexity index is 690. The monoisotopic (exact) mass is 272 g/mol. The van der Waals surface area contributed by atoms with Crippen LogP contribution in [0.3, 0.4) is 0 Å². The third kappa shape index (κ3) is 2.25. The highest BCUT2D eigenvalue weighted by atomic mass is 32.2. The van der Waals surface area contributed by atoms with Gasteiger partial charge in [-0.15, -0.1) is 0 Å². The van der Waals surface area contributed by atoms with Gasteiger partial charge in [0.05, 0.1) is 11.0 Å². The number of imidazole rings is 1. The molecule has 2 heterocycles. The fourth-order valence-corrected chi connectivity index (χ4v) is 2.59. The molecule has 2 aromatic heterocycles. The molecule has 0 saturated heterocycles. The minimum Gasteiger partial charge on any atom is -0.333 e. The van der Waals surface area contributed by atoms with Crippen molar-refractivity contribution in [3.63, 3.8) is 0 Å². The number of fused-ring (bicyclic) bond motifs is 1. The molecule has 7 heteroatoms. The summed E-state index contributed by atoms with van der Waals surface area (Å²) in [7, 11) is 0. The molecule has 0 bridgehead atoms. The molecule has 19 heavy (non-hydrogen) atoms. The van der Waals surface area contributed by atoms with Crippen LogP contribution in [0.5, 0.6) is 0 Å². The number of aromatic amines is 1. The standard InChI is InChI=1S/C12H12N6S/c1-7-10(18-13)14-6-15-11(7)19-12-16-8-4-2-3-5-9(8)17-12/h2-6H,13H2,1H3,(H,16,17)(H,14,15,18). The summed E-state index contributed by atoms with van der Waals surface area (Å²) in [6.07, 6.45) is 1.48. The lowest BCUT2D eigenvalue weighted by atomic mass is 10.3. The van der Waals surface area contributed by atoms with Crippen molar-refractivity contribution in [2.75, 3.05) is 5.43 Å². The van der Waals surface area contributed by atoms with Gasteiger partial charge in [-0.25, -0.2) is 20.8 Å². The Morgan fingerprint density at radius 2 is 2.11 bits per heavy atom. The number of nitrogens with zero attached hydrogens (tertiary/aromatic N) is 3. The lowest BCUT2D eigenvalue weighted by Crippen LogP contribution is -2.10. The highest BCUT2D eigenvalue weighted by Gasteiger charge is 2.10. The van der Waals surface area contributed by atoms with Crippen molar-refractivity contribution in [2.45, 2.75) is 17.1 Å². The summed E-state index contributed by atoms with van der Waals surface area (Å²) in [5, 5.41) is 1.62. The lowest BCUT2D eigenvalue weighted by Gasteiger charge is -2.06. The first-order valence-electron chi connectivity index (χ1n) is 5.69. The Hall–Kier alpha value is -2.12. The minimum absolute atomic E-state index is 0.619. The number of anilines is 1. The van der Waals surface area contributed by atoms with Crippen molar-refractivity contribution in [3.8, 4) is 0 Å². The Balaban J connectivity index is 1.96. The average molecular weight is 272 g/mol. The van der Waals surface area contributed by atoms with Crippen LogP contribution in [0.1, 0.15) is 5.56 Å². The van der Waals surface area contributed by atoms with Gasteiger partial charge in [-0.3, -0.25) is 0 Å². The van der Waals surface area contributed by atoms with Crippen LogP contribution in [-0.4, -0.2) is 19.9 Å². The molecule has 1 aromatic carbocycles. The maximum atomic E-state index is 5.40. The van der Waals surface area contributed by atoms with Gasteiger partial charge in [0.1, 0.15) is 17.2 Å². The number of para-hydroxylation sites is 2. The molecule has 0 aliphatic rings. The van der Waals surface area contributed by atoms with Gasteiger partial charge in [-0.1, -0.05) is 12.1 Å². The number of H-pyrrole nitrogens is 1. The minimum atomic E-state index is 0.619. The average Bonchev–Trinajstić information content (AvgIpc) is 2.83. The van der Waals surface area contributed by atoms with E-state index in [2.05, 4.69) is 25.4 Å². The molecule has 3 rings (SSSR count). The molecule has 3 aromatic rings. The largest absolute Gasteiger partial charge is 0.333 e. The number of nitrogen functional groups attached to an aromatic ring is 1. The normalized spacial score (nSPS) is 10.8. The molecule has 6 nitrogen and oxygen atoms in total. The Morgan fingerprint density at radius 3 is 2.89 bits per heavy atom. The van der Waals surface area contributed by atoms with Crippen LogP contribution in [0.15, 0.2) is 40.8 Å². The van der Waals surface area contributed by atoms with Crippen LogP contribution in [0.2, 0.25) is 0 Å². The first kappa shape index (κ1) is 11.9. The number of hydrazine groups is 1. The summed E-state index contributed by atoms with van der Waals surface area (Å²) < 4.78 is 0. The van der Waals surface area contributed by atoms with Crippen molar-refractivity contribution in [1.29, 1.82) is 0 Å². The zero-order valence-electron chi connectivity index (χ0n) is 10.2. The first-order valence-corrected chi connectivity index (χ1v) is 6.50. The summed E-state index contributed by atoms with van der Waals surface area (Å²) >= 11 is 1.46. The molecule has 0 unspecified atom stereocenters. The lowest BCUT2D eigenvalue weighted by molar-refractivity contribution is 0.984. The molecule has 0 aliphatic heterocycles. The van der Waals surface area contributed by atoms with Gasteiger partial charge in [-0.2, -0.15) is 0 Å². The van der Waals surface area contributed by atoms with E-state index in [4.69, 9.17) is 5.84 Å². The Labute approximate surface area is 113 Å². The molecular formula is C12H12N6S. The third-order valence-corrected chi connectivity index (χ3v) is 3.73. The quantitative estimate of drug-likeness (QED) is 0.384. The van der Waals surface area contributed by atoms with Gasteiger partial charge in [0.2, 0.25) is 0 Å². The van der Waals surface area contributed by atoms with E-state index < -0.39 is 0 Å². The number of rotatable bonds is 3. The molecule has 0 amide bonds. The number of nitrogens with two attached hydrogens (primary N) is 1. The molecule has 96 valence electrons. The van der Waals surface area contributed by atoms with E-state index in [0.717, 1.165) is 26.8 Å². The zero-order valence-corrected chi connectivity index (χ0v) is 11.0. The summed E-state index contributed by atoms with van der Waals surface area (Å²) in [4.78, 5) is 16.0. The van der Waals surface area contributed by atoms with Crippen LogP contribution >= 0.6 is 11.8 Å². The Kier molecular flexibility index (Phi) is 3.06. The van der Waals surface area contributed by atoms with Gasteiger partial charge in [0.25, 0.3) is 0 Å². The predicted octanol–water partition coefficient (Wildman–Crippen LogP) is 2.10. The van der Waals surface area contributed by atoms with Gasteiger partial charge >= 0.3 is 0 Å². The van der Waals surface area contributed by atoms with E-state index in [1.165, 1.54) is 18.1 Å². The SMILES string of the molecule is Cc1c(NN)ncnc1Sc1nc2ccccc2[nH]1. The highest BCUT2D eigenvalue weighted by Crippen LogP contribution is 2.29. The molecule has 0 radical (unpaired) electrons. The number of benzene rings is 1. The molecular weight excluding hydrogens is 260 g/mol. The van der Waals surface area contributed by atoms with Crippen LogP contribution < -0.4 is 11.3 Å². The van der Waals surface area contributed by atoms with E-state index in [1.54, 1.807) is 0 Å².